The molecule has 2 aliphatic heterocycles. The van der Waals surface area contributed by atoms with E-state index in [0.717, 1.165) is 19.6 Å². The molecule has 0 aromatic heterocycles. The molecule has 0 saturated heterocycles. The third kappa shape index (κ3) is 1.60. The van der Waals surface area contributed by atoms with Gasteiger partial charge in [0, 0.05) is 10.9 Å². The quantitative estimate of drug-likeness (QED) is 0.560. The Morgan fingerprint density at radius 2 is 2.55 bits per heavy atom. The summed E-state index contributed by atoms with van der Waals surface area (Å²) in [5, 5.41) is 0. The Morgan fingerprint density at radius 1 is 1.64 bits per heavy atom. The Kier molecular flexibility index (Phi) is 2.20. The molecule has 2 heterocycles. The summed E-state index contributed by atoms with van der Waals surface area (Å²) in [4.78, 5) is 1.43. The van der Waals surface area contributed by atoms with E-state index in [4.69, 9.17) is 4.74 Å². The molecule has 2 rings (SSSR count). The molecule has 1 N–H and O–H groups in total. The lowest BCUT2D eigenvalue weighted by molar-refractivity contribution is 0.149. The van der Waals surface area contributed by atoms with Crippen LogP contribution < -0.4 is 4.72 Å². The van der Waals surface area contributed by atoms with Crippen molar-refractivity contribution in [1.82, 2.24) is 4.72 Å². The fourth-order valence-electron chi connectivity index (χ4n) is 1.50. The highest BCUT2D eigenvalue weighted by Gasteiger charge is 2.20. The molecule has 0 aromatic rings. The highest BCUT2D eigenvalue weighted by atomic mass is 32.2. The minimum Gasteiger partial charge on any atom is -0.376 e. The summed E-state index contributed by atoms with van der Waals surface area (Å²) in [7, 11) is 0. The summed E-state index contributed by atoms with van der Waals surface area (Å²) < 4.78 is 8.72. The van der Waals surface area contributed by atoms with E-state index in [2.05, 4.69) is 11.6 Å². The summed E-state index contributed by atoms with van der Waals surface area (Å²) in [6.07, 6.45) is 2.36. The van der Waals surface area contributed by atoms with Crippen LogP contribution in [0, 0.1) is 0 Å². The molecule has 2 nitrogen and oxygen atoms in total. The normalized spacial score (nSPS) is 31.9. The van der Waals surface area contributed by atoms with Crippen LogP contribution in [0.4, 0.5) is 0 Å². The molecule has 2 aliphatic rings. The largest absolute Gasteiger partial charge is 0.376 e. The van der Waals surface area contributed by atoms with Gasteiger partial charge in [-0.1, -0.05) is 5.57 Å². The average Bonchev–Trinajstić information content (AvgIpc) is 2.04. The summed E-state index contributed by atoms with van der Waals surface area (Å²) in [6, 6.07) is 0.636. The SMILES string of the molecule is CC1CC2=C(COCC2)SN1. The van der Waals surface area contributed by atoms with Gasteiger partial charge in [-0.2, -0.15) is 0 Å². The monoisotopic (exact) mass is 171 g/mol. The Hall–Kier alpha value is 0.01000. The summed E-state index contributed by atoms with van der Waals surface area (Å²) >= 11 is 1.76. The molecular weight excluding hydrogens is 158 g/mol. The number of rotatable bonds is 0. The van der Waals surface area contributed by atoms with Crippen molar-refractivity contribution in [3.63, 3.8) is 0 Å². The number of ether oxygens (including phenoxy) is 1. The number of hydrogen-bond donors (Lipinski definition) is 1. The van der Waals surface area contributed by atoms with Crippen LogP contribution in [-0.2, 0) is 4.74 Å². The van der Waals surface area contributed by atoms with Gasteiger partial charge in [0.05, 0.1) is 13.2 Å². The van der Waals surface area contributed by atoms with E-state index in [0.29, 0.717) is 6.04 Å². The molecule has 11 heavy (non-hydrogen) atoms. The predicted molar refractivity (Wildman–Crippen MR) is 47.3 cm³/mol. The second-order valence-corrected chi connectivity index (χ2v) is 4.09. The molecule has 0 spiro atoms. The maximum absolute atomic E-state index is 5.36. The Bertz CT molecular complexity index is 191. The van der Waals surface area contributed by atoms with Gasteiger partial charge >= 0.3 is 0 Å². The molecule has 3 heteroatoms. The summed E-state index contributed by atoms with van der Waals surface area (Å²) in [5.41, 5.74) is 1.62. The first kappa shape index (κ1) is 7.65. The summed E-state index contributed by atoms with van der Waals surface area (Å²) in [6.45, 7) is 3.98. The van der Waals surface area contributed by atoms with Gasteiger partial charge in [-0.15, -0.1) is 0 Å². The van der Waals surface area contributed by atoms with E-state index >= 15 is 0 Å². The fourth-order valence-corrected chi connectivity index (χ4v) is 2.40. The molecule has 0 aromatic carbocycles. The van der Waals surface area contributed by atoms with Crippen LogP contribution in [-0.4, -0.2) is 19.3 Å². The van der Waals surface area contributed by atoms with Crippen molar-refractivity contribution in [2.24, 2.45) is 0 Å². The van der Waals surface area contributed by atoms with Crippen LogP contribution in [0.25, 0.3) is 0 Å². The lowest BCUT2D eigenvalue weighted by atomic mass is 10.0. The van der Waals surface area contributed by atoms with Crippen molar-refractivity contribution in [1.29, 1.82) is 0 Å². The molecule has 1 atom stereocenters. The van der Waals surface area contributed by atoms with E-state index in [9.17, 15) is 0 Å². The maximum atomic E-state index is 5.36. The first-order valence-electron chi connectivity index (χ1n) is 4.07. The number of hydrogen-bond acceptors (Lipinski definition) is 3. The third-order valence-corrected chi connectivity index (χ3v) is 3.28. The van der Waals surface area contributed by atoms with Crippen LogP contribution in [0.5, 0.6) is 0 Å². The lowest BCUT2D eigenvalue weighted by Crippen LogP contribution is -2.27. The van der Waals surface area contributed by atoms with Gasteiger partial charge in [-0.3, -0.25) is 4.72 Å². The topological polar surface area (TPSA) is 21.3 Å². The molecule has 0 aliphatic carbocycles. The minimum atomic E-state index is 0.636. The smallest absolute Gasteiger partial charge is 0.0788 e. The first-order valence-corrected chi connectivity index (χ1v) is 4.89. The Labute approximate surface area is 71.5 Å². The van der Waals surface area contributed by atoms with Crippen molar-refractivity contribution in [3.8, 4) is 0 Å². The highest BCUT2D eigenvalue weighted by Crippen LogP contribution is 2.31. The van der Waals surface area contributed by atoms with E-state index in [-0.39, 0.29) is 0 Å². The van der Waals surface area contributed by atoms with Gasteiger partial charge in [0.1, 0.15) is 0 Å². The zero-order chi connectivity index (χ0) is 7.68. The first-order chi connectivity index (χ1) is 5.36. The van der Waals surface area contributed by atoms with E-state index in [1.54, 1.807) is 17.5 Å². The van der Waals surface area contributed by atoms with Crippen molar-refractivity contribution < 1.29 is 4.74 Å². The maximum Gasteiger partial charge on any atom is 0.0788 e. The van der Waals surface area contributed by atoms with Crippen molar-refractivity contribution in [2.45, 2.75) is 25.8 Å². The van der Waals surface area contributed by atoms with Gasteiger partial charge in [0.25, 0.3) is 0 Å². The van der Waals surface area contributed by atoms with Gasteiger partial charge in [0.2, 0.25) is 0 Å². The van der Waals surface area contributed by atoms with Crippen LogP contribution >= 0.6 is 11.9 Å². The highest BCUT2D eigenvalue weighted by molar-refractivity contribution is 8.01. The average molecular weight is 171 g/mol. The molecule has 0 fully saturated rings. The van der Waals surface area contributed by atoms with E-state index in [1.165, 1.54) is 11.3 Å². The fraction of sp³-hybridized carbons (Fsp3) is 0.750. The molecular formula is C8H13NOS. The zero-order valence-electron chi connectivity index (χ0n) is 6.72. The predicted octanol–water partition coefficient (Wildman–Crippen LogP) is 1.69. The van der Waals surface area contributed by atoms with Crippen molar-refractivity contribution in [3.05, 3.63) is 10.5 Å². The van der Waals surface area contributed by atoms with Crippen LogP contribution in [0.2, 0.25) is 0 Å². The zero-order valence-corrected chi connectivity index (χ0v) is 7.54. The molecule has 1 unspecified atom stereocenters. The van der Waals surface area contributed by atoms with Gasteiger partial charge in [-0.25, -0.2) is 0 Å². The van der Waals surface area contributed by atoms with Gasteiger partial charge < -0.3 is 4.74 Å². The lowest BCUT2D eigenvalue weighted by Gasteiger charge is -2.28. The van der Waals surface area contributed by atoms with E-state index < -0.39 is 0 Å². The second-order valence-electron chi connectivity index (χ2n) is 3.15. The minimum absolute atomic E-state index is 0.636. The van der Waals surface area contributed by atoms with Crippen molar-refractivity contribution in [2.75, 3.05) is 13.2 Å². The van der Waals surface area contributed by atoms with E-state index in [1.807, 2.05) is 0 Å². The van der Waals surface area contributed by atoms with Crippen LogP contribution in [0.15, 0.2) is 10.5 Å². The summed E-state index contributed by atoms with van der Waals surface area (Å²) in [5.74, 6) is 0. The van der Waals surface area contributed by atoms with Crippen LogP contribution in [0.1, 0.15) is 19.8 Å². The molecule has 62 valence electrons. The molecule has 0 amide bonds. The molecule has 0 bridgehead atoms. The van der Waals surface area contributed by atoms with Gasteiger partial charge in [0.15, 0.2) is 0 Å². The standard InChI is InChI=1S/C8H13NOS/c1-6-4-7-2-3-10-5-8(7)11-9-6/h6,9H,2-5H2,1H3. The number of nitrogens with one attached hydrogen (secondary N) is 1. The van der Waals surface area contributed by atoms with Crippen molar-refractivity contribution >= 4 is 11.9 Å². The van der Waals surface area contributed by atoms with Crippen LogP contribution in [0.3, 0.4) is 0 Å². The molecule has 0 saturated carbocycles. The Balaban J connectivity index is 2.12. The third-order valence-electron chi connectivity index (χ3n) is 2.11. The van der Waals surface area contributed by atoms with Gasteiger partial charge in [-0.05, 0) is 31.7 Å². The Morgan fingerprint density at radius 3 is 3.45 bits per heavy atom. The second kappa shape index (κ2) is 3.17. The molecule has 0 radical (unpaired) electrons.